The molecule has 2 aromatic rings. The molecule has 6 nitrogen and oxygen atoms in total. The number of aromatic nitrogens is 2. The van der Waals surface area contributed by atoms with Crippen LogP contribution in [0.5, 0.6) is 0 Å². The van der Waals surface area contributed by atoms with Crippen molar-refractivity contribution in [2.75, 3.05) is 13.6 Å². The summed E-state index contributed by atoms with van der Waals surface area (Å²) < 4.78 is 1.58. The Morgan fingerprint density at radius 3 is 2.91 bits per heavy atom. The molecule has 0 radical (unpaired) electrons. The Labute approximate surface area is 139 Å². The van der Waals surface area contributed by atoms with Crippen molar-refractivity contribution in [3.8, 4) is 5.69 Å². The summed E-state index contributed by atoms with van der Waals surface area (Å²) in [4.78, 5) is 25.4. The van der Waals surface area contributed by atoms with Crippen LogP contribution >= 0.6 is 11.6 Å². The third-order valence-electron chi connectivity index (χ3n) is 3.91. The molecule has 1 aromatic carbocycles. The second-order valence-corrected chi connectivity index (χ2v) is 6.02. The lowest BCUT2D eigenvalue weighted by Crippen LogP contribution is -2.48. The summed E-state index contributed by atoms with van der Waals surface area (Å²) >= 11 is 6.13. The van der Waals surface area contributed by atoms with Crippen LogP contribution in [0.15, 0.2) is 36.7 Å². The van der Waals surface area contributed by atoms with Gasteiger partial charge in [0.15, 0.2) is 0 Å². The molecule has 1 aliphatic rings. The Morgan fingerprint density at radius 2 is 2.17 bits per heavy atom. The fraction of sp³-hybridized carbons (Fsp3) is 0.312. The zero-order valence-corrected chi connectivity index (χ0v) is 13.5. The lowest BCUT2D eigenvalue weighted by molar-refractivity contribution is -0.132. The minimum atomic E-state index is -0.198. The number of piperidine rings is 1. The molecule has 2 heterocycles. The molecular weight excluding hydrogens is 316 g/mol. The van der Waals surface area contributed by atoms with Crippen LogP contribution in [0.4, 0.5) is 0 Å². The predicted octanol–water partition coefficient (Wildman–Crippen LogP) is 1.88. The Kier molecular flexibility index (Phi) is 4.34. The van der Waals surface area contributed by atoms with Gasteiger partial charge < -0.3 is 10.2 Å². The minimum absolute atomic E-state index is 0.0335. The summed E-state index contributed by atoms with van der Waals surface area (Å²) in [5.74, 6) is -0.0851. The topological polar surface area (TPSA) is 67.2 Å². The van der Waals surface area contributed by atoms with Gasteiger partial charge in [0.1, 0.15) is 0 Å². The van der Waals surface area contributed by atoms with Gasteiger partial charge in [0.25, 0.3) is 5.91 Å². The third-order valence-corrected chi connectivity index (χ3v) is 4.23. The summed E-state index contributed by atoms with van der Waals surface area (Å²) in [6.45, 7) is 0.531. The number of benzene rings is 1. The van der Waals surface area contributed by atoms with E-state index in [-0.39, 0.29) is 17.9 Å². The molecule has 0 aliphatic carbocycles. The number of hydrogen-bond acceptors (Lipinski definition) is 3. The lowest BCUT2D eigenvalue weighted by Gasteiger charge is -2.29. The van der Waals surface area contributed by atoms with Crippen molar-refractivity contribution in [3.63, 3.8) is 0 Å². The van der Waals surface area contributed by atoms with E-state index in [1.807, 2.05) is 18.2 Å². The Morgan fingerprint density at radius 1 is 1.39 bits per heavy atom. The fourth-order valence-electron chi connectivity index (χ4n) is 2.61. The van der Waals surface area contributed by atoms with Crippen molar-refractivity contribution in [1.29, 1.82) is 0 Å². The van der Waals surface area contributed by atoms with Crippen molar-refractivity contribution < 1.29 is 9.59 Å². The number of likely N-dealkylation sites (N-methyl/N-ethyl adjacent to an activating group) is 1. The zero-order valence-electron chi connectivity index (χ0n) is 12.7. The molecule has 0 spiro atoms. The monoisotopic (exact) mass is 332 g/mol. The van der Waals surface area contributed by atoms with Gasteiger partial charge in [0, 0.05) is 32.3 Å². The summed E-state index contributed by atoms with van der Waals surface area (Å²) in [5, 5.41) is 7.71. The summed E-state index contributed by atoms with van der Waals surface area (Å²) in [6.07, 6.45) is 4.28. The number of carbonyl (C=O) groups is 2. The van der Waals surface area contributed by atoms with Crippen molar-refractivity contribution in [2.24, 2.45) is 0 Å². The SMILES string of the molecule is CN1C[C@H](NC(=O)c2cnn(-c3ccccc3Cl)c2)CCC1=O. The molecule has 3 rings (SSSR count). The molecule has 1 saturated heterocycles. The van der Waals surface area contributed by atoms with E-state index < -0.39 is 0 Å². The van der Waals surface area contributed by atoms with E-state index in [9.17, 15) is 9.59 Å². The highest BCUT2D eigenvalue weighted by molar-refractivity contribution is 6.32. The van der Waals surface area contributed by atoms with Gasteiger partial charge in [-0.15, -0.1) is 0 Å². The molecule has 1 aromatic heterocycles. The van der Waals surface area contributed by atoms with E-state index in [2.05, 4.69) is 10.4 Å². The molecule has 1 aliphatic heterocycles. The highest BCUT2D eigenvalue weighted by atomic mass is 35.5. The van der Waals surface area contributed by atoms with E-state index in [1.54, 1.807) is 28.9 Å². The molecule has 1 atom stereocenters. The summed E-state index contributed by atoms with van der Waals surface area (Å²) in [6, 6.07) is 7.27. The van der Waals surface area contributed by atoms with Gasteiger partial charge in [-0.25, -0.2) is 4.68 Å². The maximum atomic E-state index is 12.3. The summed E-state index contributed by atoms with van der Waals surface area (Å²) in [7, 11) is 1.75. The number of likely N-dealkylation sites (tertiary alicyclic amines) is 1. The van der Waals surface area contributed by atoms with Crippen LogP contribution in [0.2, 0.25) is 5.02 Å². The first kappa shape index (κ1) is 15.6. The largest absolute Gasteiger partial charge is 0.347 e. The van der Waals surface area contributed by atoms with Crippen LogP contribution in [0, 0.1) is 0 Å². The smallest absolute Gasteiger partial charge is 0.254 e. The zero-order chi connectivity index (χ0) is 16.4. The molecule has 120 valence electrons. The van der Waals surface area contributed by atoms with Gasteiger partial charge in [0.05, 0.1) is 22.5 Å². The van der Waals surface area contributed by atoms with E-state index >= 15 is 0 Å². The third kappa shape index (κ3) is 3.37. The average molecular weight is 333 g/mol. The molecule has 1 N–H and O–H groups in total. The standard InChI is InChI=1S/C16H17ClN4O2/c1-20-10-12(6-7-15(20)22)19-16(23)11-8-18-21(9-11)14-5-3-2-4-13(14)17/h2-5,8-9,12H,6-7,10H2,1H3,(H,19,23)/t12-/m1/s1. The van der Waals surface area contributed by atoms with Gasteiger partial charge in [-0.1, -0.05) is 23.7 Å². The maximum absolute atomic E-state index is 12.3. The van der Waals surface area contributed by atoms with Gasteiger partial charge in [-0.2, -0.15) is 5.10 Å². The molecule has 0 unspecified atom stereocenters. The Bertz CT molecular complexity index is 743. The highest BCUT2D eigenvalue weighted by Gasteiger charge is 2.24. The first-order valence-electron chi connectivity index (χ1n) is 7.39. The van der Waals surface area contributed by atoms with Crippen LogP contribution < -0.4 is 5.32 Å². The van der Waals surface area contributed by atoms with Gasteiger partial charge in [-0.3, -0.25) is 9.59 Å². The number of nitrogens with zero attached hydrogens (tertiary/aromatic N) is 3. The number of carbonyl (C=O) groups excluding carboxylic acids is 2. The molecule has 0 saturated carbocycles. The molecule has 0 bridgehead atoms. The Balaban J connectivity index is 1.70. The van der Waals surface area contributed by atoms with E-state index in [0.717, 1.165) is 5.69 Å². The van der Waals surface area contributed by atoms with Crippen molar-refractivity contribution in [2.45, 2.75) is 18.9 Å². The van der Waals surface area contributed by atoms with Crippen LogP contribution in [-0.4, -0.2) is 46.1 Å². The number of hydrogen-bond donors (Lipinski definition) is 1. The number of amides is 2. The number of rotatable bonds is 3. The van der Waals surface area contributed by atoms with Gasteiger partial charge in [0.2, 0.25) is 5.91 Å². The second-order valence-electron chi connectivity index (χ2n) is 5.61. The first-order valence-corrected chi connectivity index (χ1v) is 7.77. The van der Waals surface area contributed by atoms with E-state index in [4.69, 9.17) is 11.6 Å². The van der Waals surface area contributed by atoms with Crippen molar-refractivity contribution in [3.05, 3.63) is 47.2 Å². The van der Waals surface area contributed by atoms with Gasteiger partial charge in [-0.05, 0) is 18.6 Å². The van der Waals surface area contributed by atoms with Crippen molar-refractivity contribution >= 4 is 23.4 Å². The maximum Gasteiger partial charge on any atom is 0.254 e. The molecule has 7 heteroatoms. The van der Waals surface area contributed by atoms with Gasteiger partial charge >= 0.3 is 0 Å². The number of para-hydroxylation sites is 1. The number of halogens is 1. The Hall–Kier alpha value is -2.34. The lowest BCUT2D eigenvalue weighted by atomic mass is 10.1. The van der Waals surface area contributed by atoms with Crippen LogP contribution in [0.25, 0.3) is 5.69 Å². The van der Waals surface area contributed by atoms with Crippen molar-refractivity contribution in [1.82, 2.24) is 20.0 Å². The highest BCUT2D eigenvalue weighted by Crippen LogP contribution is 2.19. The van der Waals surface area contributed by atoms with E-state index in [1.165, 1.54) is 6.20 Å². The van der Waals surface area contributed by atoms with Crippen LogP contribution in [0.1, 0.15) is 23.2 Å². The summed E-state index contributed by atoms with van der Waals surface area (Å²) in [5.41, 5.74) is 1.18. The van der Waals surface area contributed by atoms with Crippen LogP contribution in [-0.2, 0) is 4.79 Å². The molecule has 23 heavy (non-hydrogen) atoms. The normalized spacial score (nSPS) is 18.1. The number of nitrogens with one attached hydrogen (secondary N) is 1. The average Bonchev–Trinajstić information content (AvgIpc) is 3.01. The van der Waals surface area contributed by atoms with E-state index in [0.29, 0.717) is 30.0 Å². The predicted molar refractivity (Wildman–Crippen MR) is 86.7 cm³/mol. The molecule has 2 amide bonds. The molecule has 1 fully saturated rings. The molecular formula is C16H17ClN4O2. The van der Waals surface area contributed by atoms with Crippen LogP contribution in [0.3, 0.4) is 0 Å². The quantitative estimate of drug-likeness (QED) is 0.933. The first-order chi connectivity index (χ1) is 11.0. The minimum Gasteiger partial charge on any atom is -0.347 e. The second kappa shape index (κ2) is 6.42. The fourth-order valence-corrected chi connectivity index (χ4v) is 2.83.